The molecule has 0 amide bonds. The molecule has 0 heterocycles. The summed E-state index contributed by atoms with van der Waals surface area (Å²) in [6.07, 6.45) is 0. The van der Waals surface area contributed by atoms with E-state index in [9.17, 15) is 4.39 Å². The molecule has 0 aliphatic heterocycles. The summed E-state index contributed by atoms with van der Waals surface area (Å²) < 4.78 is 19.2. The summed E-state index contributed by atoms with van der Waals surface area (Å²) in [5.41, 5.74) is -0.284. The van der Waals surface area contributed by atoms with Crippen LogP contribution < -0.4 is 4.74 Å². The highest BCUT2D eigenvalue weighted by atomic mass is 127. The maximum Gasteiger partial charge on any atom is 0.140 e. The number of halogens is 2. The molecule has 0 aliphatic carbocycles. The van der Waals surface area contributed by atoms with E-state index in [4.69, 9.17) is 4.74 Å². The summed E-state index contributed by atoms with van der Waals surface area (Å²) in [7, 11) is 0. The van der Waals surface area contributed by atoms with E-state index in [1.165, 1.54) is 6.07 Å². The second kappa shape index (κ2) is 3.82. The number of rotatable bonds is 1. The van der Waals surface area contributed by atoms with E-state index in [-0.39, 0.29) is 11.4 Å². The Kier molecular flexibility index (Phi) is 3.16. The first-order valence-electron chi connectivity index (χ1n) is 4.03. The van der Waals surface area contributed by atoms with Gasteiger partial charge in [-0.1, -0.05) is 6.07 Å². The maximum atomic E-state index is 13.1. The van der Waals surface area contributed by atoms with Crippen LogP contribution >= 0.6 is 22.6 Å². The lowest BCUT2D eigenvalue weighted by atomic mass is 10.2. The largest absolute Gasteiger partial charge is 0.487 e. The molecule has 0 atom stereocenters. The topological polar surface area (TPSA) is 9.23 Å². The average Bonchev–Trinajstić information content (AvgIpc) is 1.96. The quantitative estimate of drug-likeness (QED) is 0.719. The van der Waals surface area contributed by atoms with Gasteiger partial charge in [0, 0.05) is 0 Å². The van der Waals surface area contributed by atoms with Crippen LogP contribution in [-0.4, -0.2) is 5.60 Å². The molecule has 0 aliphatic rings. The highest BCUT2D eigenvalue weighted by Crippen LogP contribution is 2.26. The van der Waals surface area contributed by atoms with E-state index >= 15 is 0 Å². The Hall–Kier alpha value is -0.320. The fourth-order valence-corrected chi connectivity index (χ4v) is 1.36. The van der Waals surface area contributed by atoms with Gasteiger partial charge in [-0.2, -0.15) is 0 Å². The van der Waals surface area contributed by atoms with Crippen molar-refractivity contribution in [3.63, 3.8) is 0 Å². The van der Waals surface area contributed by atoms with Crippen molar-refractivity contribution in [2.24, 2.45) is 0 Å². The normalized spacial score (nSPS) is 11.5. The minimum Gasteiger partial charge on any atom is -0.487 e. The number of benzene rings is 1. The third-order valence-corrected chi connectivity index (χ3v) is 2.38. The van der Waals surface area contributed by atoms with Gasteiger partial charge in [-0.3, -0.25) is 0 Å². The molecular formula is C10H12FIO. The lowest BCUT2D eigenvalue weighted by Gasteiger charge is -2.22. The average molecular weight is 294 g/mol. The predicted octanol–water partition coefficient (Wildman–Crippen LogP) is 3.61. The fraction of sp³-hybridized carbons (Fsp3) is 0.400. The van der Waals surface area contributed by atoms with Crippen molar-refractivity contribution in [3.8, 4) is 5.75 Å². The Balaban J connectivity index is 2.96. The van der Waals surface area contributed by atoms with Gasteiger partial charge in [0.25, 0.3) is 0 Å². The van der Waals surface area contributed by atoms with Crippen LogP contribution in [0.5, 0.6) is 5.75 Å². The van der Waals surface area contributed by atoms with E-state index in [1.807, 2.05) is 43.4 Å². The van der Waals surface area contributed by atoms with Crippen LogP contribution in [0.25, 0.3) is 0 Å². The van der Waals surface area contributed by atoms with Crippen molar-refractivity contribution in [2.75, 3.05) is 0 Å². The third-order valence-electron chi connectivity index (χ3n) is 1.33. The van der Waals surface area contributed by atoms with Crippen LogP contribution in [0.1, 0.15) is 20.8 Å². The highest BCUT2D eigenvalue weighted by molar-refractivity contribution is 14.1. The summed E-state index contributed by atoms with van der Waals surface area (Å²) in [4.78, 5) is 0. The molecule has 0 fully saturated rings. The van der Waals surface area contributed by atoms with Crippen molar-refractivity contribution in [1.82, 2.24) is 0 Å². The van der Waals surface area contributed by atoms with Crippen LogP contribution in [0, 0.1) is 9.39 Å². The number of hydrogen-bond donors (Lipinski definition) is 0. The minimum atomic E-state index is -0.284. The number of ether oxygens (including phenoxy) is 1. The lowest BCUT2D eigenvalue weighted by Crippen LogP contribution is -2.23. The van der Waals surface area contributed by atoms with E-state index in [0.717, 1.165) is 0 Å². The van der Waals surface area contributed by atoms with Gasteiger partial charge in [0.05, 0.1) is 3.57 Å². The molecule has 1 aromatic rings. The van der Waals surface area contributed by atoms with Crippen LogP contribution in [-0.2, 0) is 0 Å². The lowest BCUT2D eigenvalue weighted by molar-refractivity contribution is 0.129. The maximum absolute atomic E-state index is 13.1. The SMILES string of the molecule is CC(C)(C)Oc1cccc(F)c1I. The molecule has 1 rings (SSSR count). The highest BCUT2D eigenvalue weighted by Gasteiger charge is 2.15. The molecule has 0 saturated heterocycles. The molecule has 1 nitrogen and oxygen atoms in total. The van der Waals surface area contributed by atoms with Gasteiger partial charge in [0.15, 0.2) is 0 Å². The molecule has 72 valence electrons. The van der Waals surface area contributed by atoms with Crippen molar-refractivity contribution in [2.45, 2.75) is 26.4 Å². The zero-order valence-corrected chi connectivity index (χ0v) is 10.1. The summed E-state index contributed by atoms with van der Waals surface area (Å²) in [6.45, 7) is 5.82. The first-order valence-corrected chi connectivity index (χ1v) is 5.11. The molecule has 13 heavy (non-hydrogen) atoms. The molecule has 0 saturated carbocycles. The molecule has 0 unspecified atom stereocenters. The summed E-state index contributed by atoms with van der Waals surface area (Å²) >= 11 is 1.94. The van der Waals surface area contributed by atoms with E-state index < -0.39 is 0 Å². The van der Waals surface area contributed by atoms with Crippen molar-refractivity contribution in [1.29, 1.82) is 0 Å². The van der Waals surface area contributed by atoms with E-state index in [2.05, 4.69) is 0 Å². The first kappa shape index (κ1) is 10.8. The first-order chi connectivity index (χ1) is 5.90. The van der Waals surface area contributed by atoms with Gasteiger partial charge < -0.3 is 4.74 Å². The summed E-state index contributed by atoms with van der Waals surface area (Å²) in [5, 5.41) is 0. The van der Waals surface area contributed by atoms with Gasteiger partial charge in [0.1, 0.15) is 17.2 Å². The van der Waals surface area contributed by atoms with Crippen molar-refractivity contribution < 1.29 is 9.13 Å². The van der Waals surface area contributed by atoms with Crippen molar-refractivity contribution in [3.05, 3.63) is 27.6 Å². The molecule has 1 aromatic carbocycles. The number of hydrogen-bond acceptors (Lipinski definition) is 1. The Morgan fingerprint density at radius 3 is 2.46 bits per heavy atom. The molecule has 0 bridgehead atoms. The van der Waals surface area contributed by atoms with Crippen LogP contribution in [0.3, 0.4) is 0 Å². The Morgan fingerprint density at radius 1 is 1.31 bits per heavy atom. The third kappa shape index (κ3) is 3.14. The summed E-state index contributed by atoms with van der Waals surface area (Å²) in [5.74, 6) is 0.371. The van der Waals surface area contributed by atoms with Gasteiger partial charge in [-0.15, -0.1) is 0 Å². The molecule has 0 spiro atoms. The molecule has 0 aromatic heterocycles. The Labute approximate surface area is 91.4 Å². The van der Waals surface area contributed by atoms with Crippen LogP contribution in [0.2, 0.25) is 0 Å². The molecule has 0 N–H and O–H groups in total. The van der Waals surface area contributed by atoms with E-state index in [0.29, 0.717) is 9.32 Å². The molecule has 3 heteroatoms. The van der Waals surface area contributed by atoms with Gasteiger partial charge in [0.2, 0.25) is 0 Å². The van der Waals surface area contributed by atoms with Gasteiger partial charge >= 0.3 is 0 Å². The van der Waals surface area contributed by atoms with Gasteiger partial charge in [-0.05, 0) is 55.5 Å². The second-order valence-electron chi connectivity index (χ2n) is 3.77. The van der Waals surface area contributed by atoms with E-state index in [1.54, 1.807) is 12.1 Å². The van der Waals surface area contributed by atoms with Crippen molar-refractivity contribution >= 4 is 22.6 Å². The minimum absolute atomic E-state index is 0.234. The van der Waals surface area contributed by atoms with Gasteiger partial charge in [-0.25, -0.2) is 4.39 Å². The van der Waals surface area contributed by atoms with Crippen LogP contribution in [0.4, 0.5) is 4.39 Å². The Bertz CT molecular complexity index is 304. The smallest absolute Gasteiger partial charge is 0.140 e. The predicted molar refractivity (Wildman–Crippen MR) is 59.5 cm³/mol. The standard InChI is InChI=1S/C10H12FIO/c1-10(2,3)13-8-6-4-5-7(11)9(8)12/h4-6H,1-3H3. The monoisotopic (exact) mass is 294 g/mol. The molecular weight excluding hydrogens is 282 g/mol. The second-order valence-corrected chi connectivity index (χ2v) is 4.85. The zero-order valence-electron chi connectivity index (χ0n) is 7.90. The Morgan fingerprint density at radius 2 is 1.92 bits per heavy atom. The zero-order chi connectivity index (χ0) is 10.1. The fourth-order valence-electron chi connectivity index (χ4n) is 0.893. The molecule has 0 radical (unpaired) electrons. The van der Waals surface area contributed by atoms with Crippen LogP contribution in [0.15, 0.2) is 18.2 Å². The summed E-state index contributed by atoms with van der Waals surface area (Å²) in [6, 6.07) is 4.85.